The number of carbonyl (C=O) groups is 1. The highest BCUT2D eigenvalue weighted by Crippen LogP contribution is 2.25. The molecule has 1 amide bonds. The third-order valence-electron chi connectivity index (χ3n) is 4.62. The summed E-state index contributed by atoms with van der Waals surface area (Å²) in [6.07, 6.45) is 0. The highest BCUT2D eigenvalue weighted by Gasteiger charge is 2.13. The van der Waals surface area contributed by atoms with E-state index < -0.39 is 0 Å². The van der Waals surface area contributed by atoms with Gasteiger partial charge in [-0.05, 0) is 80.1 Å². The van der Waals surface area contributed by atoms with E-state index in [0.717, 1.165) is 0 Å². The summed E-state index contributed by atoms with van der Waals surface area (Å²) in [5, 5.41) is 3.03. The highest BCUT2D eigenvalue weighted by atomic mass is 16.1. The topological polar surface area (TPSA) is 29.1 Å². The molecule has 0 aliphatic carbocycles. The zero-order chi connectivity index (χ0) is 15.6. The first kappa shape index (κ1) is 15.3. The largest absolute Gasteiger partial charge is 0.348 e. The van der Waals surface area contributed by atoms with Gasteiger partial charge in [-0.25, -0.2) is 0 Å². The highest BCUT2D eigenvalue weighted by molar-refractivity contribution is 5.94. The van der Waals surface area contributed by atoms with Crippen LogP contribution in [0.3, 0.4) is 0 Å². The molecule has 110 valence electrons. The Bertz CT molecular complexity index is 643. The fourth-order valence-electron chi connectivity index (χ4n) is 2.70. The lowest BCUT2D eigenvalue weighted by Crippen LogP contribution is -2.24. The molecule has 0 saturated carbocycles. The smallest absolute Gasteiger partial charge is 0.251 e. The van der Waals surface area contributed by atoms with Crippen molar-refractivity contribution in [2.24, 2.45) is 0 Å². The number of rotatable bonds is 3. The van der Waals surface area contributed by atoms with Gasteiger partial charge < -0.3 is 5.32 Å². The van der Waals surface area contributed by atoms with Crippen LogP contribution < -0.4 is 5.32 Å². The van der Waals surface area contributed by atoms with Crippen molar-refractivity contribution in [1.82, 2.24) is 5.32 Å². The van der Waals surface area contributed by atoms with Crippen molar-refractivity contribution in [2.45, 2.75) is 41.2 Å². The molecular weight excluding hydrogens is 258 g/mol. The van der Waals surface area contributed by atoms with Crippen LogP contribution in [0.4, 0.5) is 0 Å². The van der Waals surface area contributed by atoms with Crippen LogP contribution in [-0.2, 0) is 6.54 Å². The fraction of sp³-hybridized carbons (Fsp3) is 0.316. The van der Waals surface area contributed by atoms with Gasteiger partial charge in [-0.2, -0.15) is 0 Å². The number of nitrogens with one attached hydrogen (secondary N) is 1. The van der Waals surface area contributed by atoms with Crippen LogP contribution in [0.2, 0.25) is 0 Å². The minimum Gasteiger partial charge on any atom is -0.348 e. The van der Waals surface area contributed by atoms with Gasteiger partial charge in [-0.15, -0.1) is 0 Å². The first-order valence-electron chi connectivity index (χ1n) is 7.32. The standard InChI is InChI=1S/C19H23NO/c1-12-13(2)15(4)18(16(5)14(12)3)11-20-19(21)17-9-7-6-8-10-17/h6-10H,11H2,1-5H3,(H,20,21). The van der Waals surface area contributed by atoms with Gasteiger partial charge in [0.1, 0.15) is 0 Å². The van der Waals surface area contributed by atoms with Crippen LogP contribution in [-0.4, -0.2) is 5.91 Å². The molecule has 0 aromatic heterocycles. The van der Waals surface area contributed by atoms with Crippen LogP contribution >= 0.6 is 0 Å². The SMILES string of the molecule is Cc1c(C)c(C)c(CNC(=O)c2ccccc2)c(C)c1C. The molecule has 2 rings (SSSR count). The molecule has 2 aromatic rings. The predicted molar refractivity (Wildman–Crippen MR) is 87.7 cm³/mol. The lowest BCUT2D eigenvalue weighted by Gasteiger charge is -2.19. The third kappa shape index (κ3) is 2.99. The predicted octanol–water partition coefficient (Wildman–Crippen LogP) is 4.16. The van der Waals surface area contributed by atoms with Crippen molar-refractivity contribution >= 4 is 5.91 Å². The van der Waals surface area contributed by atoms with Gasteiger partial charge in [0.25, 0.3) is 5.91 Å². The van der Waals surface area contributed by atoms with Crippen LogP contribution in [0.5, 0.6) is 0 Å². The van der Waals surface area contributed by atoms with E-state index in [4.69, 9.17) is 0 Å². The molecule has 0 radical (unpaired) electrons. The normalized spacial score (nSPS) is 10.5. The second-order valence-corrected chi connectivity index (χ2v) is 5.65. The second kappa shape index (κ2) is 6.13. The van der Waals surface area contributed by atoms with E-state index >= 15 is 0 Å². The van der Waals surface area contributed by atoms with Crippen molar-refractivity contribution in [1.29, 1.82) is 0 Å². The van der Waals surface area contributed by atoms with Crippen molar-refractivity contribution in [3.05, 3.63) is 69.3 Å². The van der Waals surface area contributed by atoms with Gasteiger partial charge >= 0.3 is 0 Å². The van der Waals surface area contributed by atoms with E-state index in [1.54, 1.807) is 0 Å². The van der Waals surface area contributed by atoms with Crippen LogP contribution in [0.25, 0.3) is 0 Å². The Morgan fingerprint density at radius 1 is 0.810 bits per heavy atom. The van der Waals surface area contributed by atoms with E-state index in [-0.39, 0.29) is 5.91 Å². The molecule has 21 heavy (non-hydrogen) atoms. The Labute approximate surface area is 127 Å². The van der Waals surface area contributed by atoms with E-state index in [0.29, 0.717) is 12.1 Å². The van der Waals surface area contributed by atoms with Crippen LogP contribution in [0.1, 0.15) is 43.7 Å². The van der Waals surface area contributed by atoms with E-state index in [1.807, 2.05) is 30.3 Å². The van der Waals surface area contributed by atoms with Gasteiger partial charge in [-0.3, -0.25) is 4.79 Å². The van der Waals surface area contributed by atoms with E-state index in [2.05, 4.69) is 39.9 Å². The summed E-state index contributed by atoms with van der Waals surface area (Å²) in [6, 6.07) is 9.34. The Morgan fingerprint density at radius 2 is 1.29 bits per heavy atom. The number of hydrogen-bond acceptors (Lipinski definition) is 1. The lowest BCUT2D eigenvalue weighted by molar-refractivity contribution is 0.0951. The lowest BCUT2D eigenvalue weighted by atomic mass is 9.89. The number of carbonyl (C=O) groups excluding carboxylic acids is 1. The van der Waals surface area contributed by atoms with E-state index in [1.165, 1.54) is 33.4 Å². The average Bonchev–Trinajstić information content (AvgIpc) is 2.51. The second-order valence-electron chi connectivity index (χ2n) is 5.65. The van der Waals surface area contributed by atoms with E-state index in [9.17, 15) is 4.79 Å². The Kier molecular flexibility index (Phi) is 4.46. The Balaban J connectivity index is 2.23. The summed E-state index contributed by atoms with van der Waals surface area (Å²) in [6.45, 7) is 11.3. The summed E-state index contributed by atoms with van der Waals surface area (Å²) < 4.78 is 0. The fourth-order valence-corrected chi connectivity index (χ4v) is 2.70. The van der Waals surface area contributed by atoms with Crippen molar-refractivity contribution in [3.63, 3.8) is 0 Å². The maximum atomic E-state index is 12.2. The number of hydrogen-bond donors (Lipinski definition) is 1. The molecule has 0 aliphatic heterocycles. The third-order valence-corrected chi connectivity index (χ3v) is 4.62. The molecular formula is C19H23NO. The summed E-state index contributed by atoms with van der Waals surface area (Å²) in [4.78, 5) is 12.2. The monoisotopic (exact) mass is 281 g/mol. The van der Waals surface area contributed by atoms with Crippen molar-refractivity contribution < 1.29 is 4.79 Å². The number of amides is 1. The minimum absolute atomic E-state index is 0.0229. The van der Waals surface area contributed by atoms with Crippen molar-refractivity contribution in [3.8, 4) is 0 Å². The van der Waals surface area contributed by atoms with Crippen molar-refractivity contribution in [2.75, 3.05) is 0 Å². The molecule has 0 saturated heterocycles. The van der Waals surface area contributed by atoms with Gasteiger partial charge in [-0.1, -0.05) is 18.2 Å². The number of benzene rings is 2. The molecule has 2 heteroatoms. The molecule has 0 spiro atoms. The van der Waals surface area contributed by atoms with Gasteiger partial charge in [0.15, 0.2) is 0 Å². The summed E-state index contributed by atoms with van der Waals surface area (Å²) in [5.41, 5.74) is 8.49. The molecule has 2 aromatic carbocycles. The maximum absolute atomic E-state index is 12.2. The first-order chi connectivity index (χ1) is 9.93. The zero-order valence-electron chi connectivity index (χ0n) is 13.5. The first-order valence-corrected chi connectivity index (χ1v) is 7.32. The van der Waals surface area contributed by atoms with Crippen LogP contribution in [0.15, 0.2) is 30.3 Å². The zero-order valence-corrected chi connectivity index (χ0v) is 13.5. The Hall–Kier alpha value is -2.09. The quantitative estimate of drug-likeness (QED) is 0.899. The molecule has 1 N–H and O–H groups in total. The van der Waals surface area contributed by atoms with Gasteiger partial charge in [0, 0.05) is 12.1 Å². The average molecular weight is 281 g/mol. The molecule has 0 unspecified atom stereocenters. The van der Waals surface area contributed by atoms with Gasteiger partial charge in [0.05, 0.1) is 0 Å². The summed E-state index contributed by atoms with van der Waals surface area (Å²) in [5.74, 6) is -0.0229. The molecule has 2 nitrogen and oxygen atoms in total. The molecule has 0 fully saturated rings. The Morgan fingerprint density at radius 3 is 1.81 bits per heavy atom. The maximum Gasteiger partial charge on any atom is 0.251 e. The molecule has 0 heterocycles. The van der Waals surface area contributed by atoms with Crippen LogP contribution in [0, 0.1) is 34.6 Å². The summed E-state index contributed by atoms with van der Waals surface area (Å²) in [7, 11) is 0. The summed E-state index contributed by atoms with van der Waals surface area (Å²) >= 11 is 0. The molecule has 0 aliphatic rings. The molecule has 0 bridgehead atoms. The molecule has 0 atom stereocenters. The minimum atomic E-state index is -0.0229. The van der Waals surface area contributed by atoms with Gasteiger partial charge in [0.2, 0.25) is 0 Å².